The molecule has 0 bridgehead atoms. The van der Waals surface area contributed by atoms with Crippen molar-refractivity contribution < 1.29 is 14.3 Å². The highest BCUT2D eigenvalue weighted by Gasteiger charge is 2.47. The molecule has 1 N–H and O–H groups in total. The van der Waals surface area contributed by atoms with Crippen LogP contribution in [0.2, 0.25) is 0 Å². The van der Waals surface area contributed by atoms with Crippen molar-refractivity contribution in [3.8, 4) is 5.75 Å². The lowest BCUT2D eigenvalue weighted by molar-refractivity contribution is -0.151. The third-order valence-electron chi connectivity index (χ3n) is 3.75. The SMILES string of the molecule is CCOC(=O)C1(NC(C)C)CCC(Oc2ccccc2)C1. The number of nitrogens with one attached hydrogen (secondary N) is 1. The highest BCUT2D eigenvalue weighted by Crippen LogP contribution is 2.34. The lowest BCUT2D eigenvalue weighted by Gasteiger charge is -2.30. The monoisotopic (exact) mass is 291 g/mol. The third-order valence-corrected chi connectivity index (χ3v) is 3.75. The average molecular weight is 291 g/mol. The lowest BCUT2D eigenvalue weighted by atomic mass is 9.96. The van der Waals surface area contributed by atoms with E-state index in [1.165, 1.54) is 0 Å². The Morgan fingerprint density at radius 2 is 2.10 bits per heavy atom. The van der Waals surface area contributed by atoms with Crippen LogP contribution in [0.4, 0.5) is 0 Å². The van der Waals surface area contributed by atoms with Crippen molar-refractivity contribution in [2.24, 2.45) is 0 Å². The van der Waals surface area contributed by atoms with Crippen molar-refractivity contribution in [1.29, 1.82) is 0 Å². The zero-order valence-corrected chi connectivity index (χ0v) is 13.1. The summed E-state index contributed by atoms with van der Waals surface area (Å²) >= 11 is 0. The molecule has 2 unspecified atom stereocenters. The Hall–Kier alpha value is -1.55. The molecule has 1 fully saturated rings. The van der Waals surface area contributed by atoms with Gasteiger partial charge in [0.2, 0.25) is 0 Å². The summed E-state index contributed by atoms with van der Waals surface area (Å²) in [5.74, 6) is 0.699. The van der Waals surface area contributed by atoms with Crippen molar-refractivity contribution in [2.75, 3.05) is 6.61 Å². The van der Waals surface area contributed by atoms with Crippen LogP contribution < -0.4 is 10.1 Å². The van der Waals surface area contributed by atoms with Gasteiger partial charge in [0.25, 0.3) is 0 Å². The van der Waals surface area contributed by atoms with Crippen molar-refractivity contribution >= 4 is 5.97 Å². The Morgan fingerprint density at radius 3 is 2.71 bits per heavy atom. The molecule has 116 valence electrons. The Morgan fingerprint density at radius 1 is 1.38 bits per heavy atom. The number of hydrogen-bond donors (Lipinski definition) is 1. The summed E-state index contributed by atoms with van der Waals surface area (Å²) in [6, 6.07) is 9.99. The van der Waals surface area contributed by atoms with Crippen molar-refractivity contribution in [2.45, 2.75) is 57.7 Å². The molecule has 1 aliphatic carbocycles. The maximum absolute atomic E-state index is 12.4. The molecule has 2 atom stereocenters. The Bertz CT molecular complexity index is 460. The highest BCUT2D eigenvalue weighted by molar-refractivity contribution is 5.81. The number of carbonyl (C=O) groups is 1. The third kappa shape index (κ3) is 3.97. The quantitative estimate of drug-likeness (QED) is 0.819. The molecule has 0 radical (unpaired) electrons. The Kier molecular flexibility index (Phi) is 5.23. The van der Waals surface area contributed by atoms with Crippen LogP contribution in [0.1, 0.15) is 40.0 Å². The van der Waals surface area contributed by atoms with Gasteiger partial charge in [-0.25, -0.2) is 0 Å². The summed E-state index contributed by atoms with van der Waals surface area (Å²) in [6.07, 6.45) is 2.30. The standard InChI is InChI=1S/C17H25NO3/c1-4-20-16(19)17(18-13(2)3)11-10-15(12-17)21-14-8-6-5-7-9-14/h5-9,13,15,18H,4,10-12H2,1-3H3. The molecule has 0 saturated heterocycles. The number of para-hydroxylation sites is 1. The minimum atomic E-state index is -0.608. The molecule has 2 rings (SSSR count). The molecule has 4 nitrogen and oxygen atoms in total. The van der Waals surface area contributed by atoms with Crippen LogP contribution in [-0.4, -0.2) is 30.3 Å². The summed E-state index contributed by atoms with van der Waals surface area (Å²) in [5, 5.41) is 3.40. The maximum atomic E-state index is 12.4. The maximum Gasteiger partial charge on any atom is 0.326 e. The number of ether oxygens (including phenoxy) is 2. The zero-order chi connectivity index (χ0) is 15.3. The predicted octanol–water partition coefficient (Wildman–Crippen LogP) is 2.92. The van der Waals surface area contributed by atoms with Crippen LogP contribution in [0.5, 0.6) is 5.75 Å². The molecule has 1 aliphatic rings. The van der Waals surface area contributed by atoms with Crippen molar-refractivity contribution in [3.05, 3.63) is 30.3 Å². The number of carbonyl (C=O) groups excluding carboxylic acids is 1. The molecule has 0 heterocycles. The van der Waals surface area contributed by atoms with Crippen molar-refractivity contribution in [3.63, 3.8) is 0 Å². The first-order chi connectivity index (χ1) is 10.1. The van der Waals surface area contributed by atoms with E-state index in [2.05, 4.69) is 5.32 Å². The largest absolute Gasteiger partial charge is 0.490 e. The molecule has 1 aromatic rings. The van der Waals surface area contributed by atoms with E-state index in [0.717, 1.165) is 18.6 Å². The van der Waals surface area contributed by atoms with Gasteiger partial charge < -0.3 is 9.47 Å². The molecule has 0 amide bonds. The van der Waals surface area contributed by atoms with Gasteiger partial charge in [0.1, 0.15) is 17.4 Å². The summed E-state index contributed by atoms with van der Waals surface area (Å²) < 4.78 is 11.3. The summed E-state index contributed by atoms with van der Waals surface area (Å²) in [5.41, 5.74) is -0.608. The number of rotatable bonds is 6. The fraction of sp³-hybridized carbons (Fsp3) is 0.588. The fourth-order valence-electron chi connectivity index (χ4n) is 2.99. The second kappa shape index (κ2) is 6.94. The molecule has 1 aromatic carbocycles. The summed E-state index contributed by atoms with van der Waals surface area (Å²) in [6.45, 7) is 6.34. The van der Waals surface area contributed by atoms with Crippen LogP contribution in [0.15, 0.2) is 30.3 Å². The molecule has 4 heteroatoms. The molecule has 0 aliphatic heterocycles. The van der Waals surface area contributed by atoms with E-state index < -0.39 is 5.54 Å². The van der Waals surface area contributed by atoms with Crippen LogP contribution in [0, 0.1) is 0 Å². The number of benzene rings is 1. The molecule has 21 heavy (non-hydrogen) atoms. The van der Waals surface area contributed by atoms with Crippen LogP contribution in [0.25, 0.3) is 0 Å². The van der Waals surface area contributed by atoms with E-state index in [1.807, 2.05) is 51.1 Å². The minimum Gasteiger partial charge on any atom is -0.490 e. The van der Waals surface area contributed by atoms with E-state index in [9.17, 15) is 4.79 Å². The molecule has 0 aromatic heterocycles. The minimum absolute atomic E-state index is 0.0445. The molecule has 0 spiro atoms. The normalized spacial score (nSPS) is 25.0. The second-order valence-corrected chi connectivity index (χ2v) is 5.90. The van der Waals surface area contributed by atoms with E-state index >= 15 is 0 Å². The van der Waals surface area contributed by atoms with Crippen LogP contribution in [0.3, 0.4) is 0 Å². The summed E-state index contributed by atoms with van der Waals surface area (Å²) in [7, 11) is 0. The van der Waals surface area contributed by atoms with E-state index in [1.54, 1.807) is 0 Å². The van der Waals surface area contributed by atoms with Gasteiger partial charge in [-0.05, 0) is 45.7 Å². The van der Waals surface area contributed by atoms with Gasteiger partial charge in [-0.3, -0.25) is 10.1 Å². The van der Waals surface area contributed by atoms with Gasteiger partial charge in [0.15, 0.2) is 0 Å². The lowest BCUT2D eigenvalue weighted by Crippen LogP contribution is -2.54. The van der Waals surface area contributed by atoms with Gasteiger partial charge >= 0.3 is 5.97 Å². The fourth-order valence-corrected chi connectivity index (χ4v) is 2.99. The highest BCUT2D eigenvalue weighted by atomic mass is 16.5. The molecular weight excluding hydrogens is 266 g/mol. The van der Waals surface area contributed by atoms with Gasteiger partial charge in [0.05, 0.1) is 6.61 Å². The van der Waals surface area contributed by atoms with E-state index in [0.29, 0.717) is 13.0 Å². The van der Waals surface area contributed by atoms with Crippen molar-refractivity contribution in [1.82, 2.24) is 5.32 Å². The Balaban J connectivity index is 2.05. The number of esters is 1. The smallest absolute Gasteiger partial charge is 0.326 e. The second-order valence-electron chi connectivity index (χ2n) is 5.90. The van der Waals surface area contributed by atoms with E-state index in [-0.39, 0.29) is 18.1 Å². The molecular formula is C17H25NO3. The van der Waals surface area contributed by atoms with Crippen LogP contribution >= 0.6 is 0 Å². The van der Waals surface area contributed by atoms with Crippen LogP contribution in [-0.2, 0) is 9.53 Å². The first-order valence-corrected chi connectivity index (χ1v) is 7.72. The van der Waals surface area contributed by atoms with Gasteiger partial charge in [0, 0.05) is 12.5 Å². The predicted molar refractivity (Wildman–Crippen MR) is 82.3 cm³/mol. The number of hydrogen-bond acceptors (Lipinski definition) is 4. The average Bonchev–Trinajstić information content (AvgIpc) is 2.83. The molecule has 1 saturated carbocycles. The first-order valence-electron chi connectivity index (χ1n) is 7.72. The topological polar surface area (TPSA) is 47.6 Å². The Labute approximate surface area is 126 Å². The van der Waals surface area contributed by atoms with E-state index in [4.69, 9.17) is 9.47 Å². The van der Waals surface area contributed by atoms with Gasteiger partial charge in [-0.2, -0.15) is 0 Å². The first kappa shape index (κ1) is 15.8. The van der Waals surface area contributed by atoms with Gasteiger partial charge in [-0.1, -0.05) is 18.2 Å². The summed E-state index contributed by atoms with van der Waals surface area (Å²) in [4.78, 5) is 12.4. The van der Waals surface area contributed by atoms with Gasteiger partial charge in [-0.15, -0.1) is 0 Å². The zero-order valence-electron chi connectivity index (χ0n) is 13.1.